The quantitative estimate of drug-likeness (QED) is 0.509. The minimum absolute atomic E-state index is 0.0914. The molecule has 0 amide bonds. The highest BCUT2D eigenvalue weighted by Gasteiger charge is 2.42. The molecule has 1 saturated heterocycles. The zero-order valence-corrected chi connectivity index (χ0v) is 6.73. The smallest absolute Gasteiger partial charge is 0.101 e. The van der Waals surface area contributed by atoms with Gasteiger partial charge in [-0.25, -0.2) is 0 Å². The van der Waals surface area contributed by atoms with Crippen LogP contribution in [0.5, 0.6) is 0 Å². The maximum Gasteiger partial charge on any atom is 0.101 e. The summed E-state index contributed by atoms with van der Waals surface area (Å²) in [6.45, 7) is 3.45. The van der Waals surface area contributed by atoms with Crippen molar-refractivity contribution in [2.24, 2.45) is 0 Å². The lowest BCUT2D eigenvalue weighted by Crippen LogP contribution is -2.64. The minimum atomic E-state index is -0.516. The molecule has 0 spiro atoms. The van der Waals surface area contributed by atoms with Gasteiger partial charge >= 0.3 is 0 Å². The van der Waals surface area contributed by atoms with Gasteiger partial charge in [-0.05, 0) is 7.05 Å². The number of β-amino-alcohol motifs (C(OH)–C–C–N with tert-alkyl or cyclic N) is 1. The predicted molar refractivity (Wildman–Crippen MR) is 40.9 cm³/mol. The molecule has 2 nitrogen and oxygen atoms in total. The molecule has 9 heavy (non-hydrogen) atoms. The molecule has 1 N–H and O–H groups in total. The molecule has 1 aliphatic heterocycles. The normalized spacial score (nSPS) is 29.3. The number of likely N-dealkylation sites (N-methyl/N-ethyl adjacent to an activating group) is 1. The second-order valence-electron chi connectivity index (χ2n) is 2.95. The molecule has 1 heterocycles. The Balaban J connectivity index is 2.40. The van der Waals surface area contributed by atoms with Crippen LogP contribution in [0.2, 0.25) is 0 Å². The van der Waals surface area contributed by atoms with Crippen molar-refractivity contribution in [1.82, 2.24) is 4.90 Å². The van der Waals surface area contributed by atoms with Crippen molar-refractivity contribution in [3.63, 3.8) is 0 Å². The second kappa shape index (κ2) is 2.15. The fraction of sp³-hybridized carbons (Fsp3) is 1.00. The van der Waals surface area contributed by atoms with E-state index in [1.165, 1.54) is 0 Å². The summed E-state index contributed by atoms with van der Waals surface area (Å²) in [5, 5.41) is 9.63. The molecular weight excluding hydrogens is 134 g/mol. The molecule has 1 fully saturated rings. The second-order valence-corrected chi connectivity index (χ2v) is 3.73. The van der Waals surface area contributed by atoms with E-state index in [1.54, 1.807) is 0 Å². The maximum absolute atomic E-state index is 9.54. The Morgan fingerprint density at radius 3 is 2.22 bits per heavy atom. The zero-order chi connectivity index (χ0) is 7.07. The number of nitrogens with zero attached hydrogens (tertiary/aromatic N) is 1. The monoisotopic (exact) mass is 147 g/mol. The van der Waals surface area contributed by atoms with E-state index in [0.717, 1.165) is 13.1 Å². The van der Waals surface area contributed by atoms with Crippen LogP contribution in [0.1, 0.15) is 6.92 Å². The lowest BCUT2D eigenvalue weighted by atomic mass is 9.92. The van der Waals surface area contributed by atoms with Crippen molar-refractivity contribution in [3.8, 4) is 0 Å². The number of aliphatic hydroxyl groups is 1. The van der Waals surface area contributed by atoms with E-state index in [1.807, 2.05) is 14.0 Å². The van der Waals surface area contributed by atoms with Crippen LogP contribution in [0, 0.1) is 0 Å². The van der Waals surface area contributed by atoms with Crippen molar-refractivity contribution in [3.05, 3.63) is 0 Å². The highest BCUT2D eigenvalue weighted by atomic mass is 32.1. The van der Waals surface area contributed by atoms with Crippen molar-refractivity contribution in [2.75, 3.05) is 20.1 Å². The first-order chi connectivity index (χ1) is 4.04. The van der Waals surface area contributed by atoms with Crippen molar-refractivity contribution in [2.45, 2.75) is 17.8 Å². The summed E-state index contributed by atoms with van der Waals surface area (Å²) in [7, 11) is 1.99. The first-order valence-electron chi connectivity index (χ1n) is 3.13. The van der Waals surface area contributed by atoms with Crippen LogP contribution in [-0.2, 0) is 0 Å². The molecule has 1 rings (SSSR count). The average molecular weight is 147 g/mol. The van der Waals surface area contributed by atoms with Crippen LogP contribution in [-0.4, -0.2) is 41.0 Å². The summed E-state index contributed by atoms with van der Waals surface area (Å²) >= 11 is 4.17. The first kappa shape index (κ1) is 7.38. The lowest BCUT2D eigenvalue weighted by Gasteiger charge is -2.46. The van der Waals surface area contributed by atoms with Crippen LogP contribution >= 0.6 is 12.6 Å². The molecule has 1 aliphatic rings. The molecular formula is C6H13NOS. The Kier molecular flexibility index (Phi) is 1.76. The number of likely N-dealkylation sites (tertiary alicyclic amines) is 1. The first-order valence-corrected chi connectivity index (χ1v) is 3.65. The summed E-state index contributed by atoms with van der Waals surface area (Å²) < 4.78 is 0. The molecule has 54 valence electrons. The Hall–Kier alpha value is 0.270. The molecule has 0 aromatic carbocycles. The van der Waals surface area contributed by atoms with E-state index in [9.17, 15) is 5.11 Å². The summed E-state index contributed by atoms with van der Waals surface area (Å²) in [4.78, 5) is 2.08. The van der Waals surface area contributed by atoms with Gasteiger partial charge in [-0.1, -0.05) is 6.92 Å². The van der Waals surface area contributed by atoms with E-state index in [4.69, 9.17) is 0 Å². The molecule has 0 bridgehead atoms. The number of thiol groups is 1. The van der Waals surface area contributed by atoms with E-state index in [-0.39, 0.29) is 5.25 Å². The standard InChI is InChI=1S/C6H13NOS/c1-5(9)6(8)3-7(2)4-6/h5,8-9H,3-4H2,1-2H3. The van der Waals surface area contributed by atoms with Gasteiger partial charge in [0, 0.05) is 18.3 Å². The third-order valence-corrected chi connectivity index (χ3v) is 2.35. The maximum atomic E-state index is 9.54. The van der Waals surface area contributed by atoms with E-state index >= 15 is 0 Å². The van der Waals surface area contributed by atoms with Crippen molar-refractivity contribution < 1.29 is 5.11 Å². The van der Waals surface area contributed by atoms with Crippen LogP contribution in [0.25, 0.3) is 0 Å². The number of rotatable bonds is 1. The van der Waals surface area contributed by atoms with E-state index in [0.29, 0.717) is 0 Å². The van der Waals surface area contributed by atoms with Gasteiger partial charge in [0.05, 0.1) is 0 Å². The highest BCUT2D eigenvalue weighted by molar-refractivity contribution is 7.81. The molecule has 1 atom stereocenters. The van der Waals surface area contributed by atoms with Gasteiger partial charge in [0.1, 0.15) is 5.60 Å². The zero-order valence-electron chi connectivity index (χ0n) is 5.83. The fourth-order valence-electron chi connectivity index (χ4n) is 1.15. The largest absolute Gasteiger partial charge is 0.386 e. The average Bonchev–Trinajstić information content (AvgIpc) is 1.62. The van der Waals surface area contributed by atoms with Gasteiger partial charge in [0.25, 0.3) is 0 Å². The van der Waals surface area contributed by atoms with Crippen LogP contribution < -0.4 is 0 Å². The third-order valence-electron chi connectivity index (χ3n) is 1.87. The van der Waals surface area contributed by atoms with Crippen LogP contribution in [0.15, 0.2) is 0 Å². The lowest BCUT2D eigenvalue weighted by molar-refractivity contribution is -0.0828. The Bertz CT molecular complexity index is 110. The number of hydrogen-bond donors (Lipinski definition) is 2. The van der Waals surface area contributed by atoms with Crippen molar-refractivity contribution >= 4 is 12.6 Å². The molecule has 0 aromatic heterocycles. The molecule has 0 saturated carbocycles. The van der Waals surface area contributed by atoms with Gasteiger partial charge < -0.3 is 10.0 Å². The summed E-state index contributed by atoms with van der Waals surface area (Å²) in [5.41, 5.74) is -0.516. The summed E-state index contributed by atoms with van der Waals surface area (Å²) in [6.07, 6.45) is 0. The topological polar surface area (TPSA) is 23.5 Å². The van der Waals surface area contributed by atoms with Crippen molar-refractivity contribution in [1.29, 1.82) is 0 Å². The fourth-order valence-corrected chi connectivity index (χ4v) is 1.32. The predicted octanol–water partition coefficient (Wildman–Crippen LogP) is -0.0188. The van der Waals surface area contributed by atoms with Gasteiger partial charge in [-0.2, -0.15) is 12.6 Å². The third kappa shape index (κ3) is 1.23. The Morgan fingerprint density at radius 2 is 2.11 bits per heavy atom. The van der Waals surface area contributed by atoms with Gasteiger partial charge in [-0.3, -0.25) is 0 Å². The molecule has 0 aromatic rings. The van der Waals surface area contributed by atoms with Gasteiger partial charge in [0.15, 0.2) is 0 Å². The van der Waals surface area contributed by atoms with Gasteiger partial charge in [-0.15, -0.1) is 0 Å². The minimum Gasteiger partial charge on any atom is -0.386 e. The Morgan fingerprint density at radius 1 is 1.67 bits per heavy atom. The summed E-state index contributed by atoms with van der Waals surface area (Å²) in [5.74, 6) is 0. The SMILES string of the molecule is CC(S)C1(O)CN(C)C1. The van der Waals surface area contributed by atoms with E-state index < -0.39 is 5.60 Å². The molecule has 1 unspecified atom stereocenters. The highest BCUT2D eigenvalue weighted by Crippen LogP contribution is 2.25. The Labute approximate surface area is 61.3 Å². The van der Waals surface area contributed by atoms with Crippen LogP contribution in [0.3, 0.4) is 0 Å². The van der Waals surface area contributed by atoms with E-state index in [2.05, 4.69) is 17.5 Å². The molecule has 3 heteroatoms. The summed E-state index contributed by atoms with van der Waals surface area (Å²) in [6, 6.07) is 0. The van der Waals surface area contributed by atoms with Crippen LogP contribution in [0.4, 0.5) is 0 Å². The number of hydrogen-bond acceptors (Lipinski definition) is 3. The molecule has 0 aliphatic carbocycles. The van der Waals surface area contributed by atoms with Gasteiger partial charge in [0.2, 0.25) is 0 Å². The molecule has 0 radical (unpaired) electrons.